The minimum absolute atomic E-state index is 0.138. The molecule has 14 heavy (non-hydrogen) atoms. The Labute approximate surface area is 87.4 Å². The smallest absolute Gasteiger partial charge is 0.256 e. The first kappa shape index (κ1) is 9.59. The number of rotatable bonds is 2. The normalized spacial score (nSPS) is 25.6. The average Bonchev–Trinajstić information content (AvgIpc) is 2.48. The molecule has 1 aliphatic rings. The molecule has 1 aliphatic carbocycles. The van der Waals surface area contributed by atoms with Crippen LogP contribution >= 0.6 is 11.6 Å². The fourth-order valence-corrected chi connectivity index (χ4v) is 1.94. The summed E-state index contributed by atoms with van der Waals surface area (Å²) in [4.78, 5) is 11.6. The predicted molar refractivity (Wildman–Crippen MR) is 53.4 cm³/mol. The van der Waals surface area contributed by atoms with Gasteiger partial charge >= 0.3 is 0 Å². The van der Waals surface area contributed by atoms with Crippen LogP contribution in [0.25, 0.3) is 0 Å². The highest BCUT2D eigenvalue weighted by atomic mass is 35.5. The summed E-state index contributed by atoms with van der Waals surface area (Å²) in [6.07, 6.45) is 3.53. The van der Waals surface area contributed by atoms with Crippen molar-refractivity contribution < 1.29 is 9.21 Å². The van der Waals surface area contributed by atoms with Gasteiger partial charge in [0.1, 0.15) is 0 Å². The fourth-order valence-electron chi connectivity index (χ4n) is 1.74. The Bertz CT molecular complexity index is 342. The van der Waals surface area contributed by atoms with Gasteiger partial charge in [-0.05, 0) is 36.4 Å². The van der Waals surface area contributed by atoms with Crippen molar-refractivity contribution in [2.45, 2.75) is 25.8 Å². The second-order valence-corrected chi connectivity index (χ2v) is 4.20. The van der Waals surface area contributed by atoms with Crippen molar-refractivity contribution in [3.05, 3.63) is 23.1 Å². The van der Waals surface area contributed by atoms with Crippen molar-refractivity contribution in [1.29, 1.82) is 0 Å². The first-order valence-corrected chi connectivity index (χ1v) is 5.08. The lowest BCUT2D eigenvalue weighted by atomic mass is 9.82. The minimum atomic E-state index is -0.138. The molecule has 1 saturated carbocycles. The van der Waals surface area contributed by atoms with Gasteiger partial charge in [0.15, 0.2) is 0 Å². The first-order valence-electron chi connectivity index (χ1n) is 4.70. The van der Waals surface area contributed by atoms with Gasteiger partial charge in [0, 0.05) is 6.04 Å². The summed E-state index contributed by atoms with van der Waals surface area (Å²) in [5.41, 5.74) is 0.422. The van der Waals surface area contributed by atoms with Crippen LogP contribution in [0.4, 0.5) is 0 Å². The molecule has 4 heteroatoms. The van der Waals surface area contributed by atoms with E-state index in [9.17, 15) is 4.79 Å². The molecule has 0 saturated heterocycles. The molecular formula is C10H12ClNO2. The largest absolute Gasteiger partial charge is 0.452 e. The molecule has 1 aromatic heterocycles. The topological polar surface area (TPSA) is 42.2 Å². The zero-order valence-corrected chi connectivity index (χ0v) is 8.67. The molecule has 0 aliphatic heterocycles. The summed E-state index contributed by atoms with van der Waals surface area (Å²) in [5, 5.41) is 3.07. The molecule has 1 N–H and O–H groups in total. The van der Waals surface area contributed by atoms with E-state index < -0.39 is 0 Å². The van der Waals surface area contributed by atoms with Crippen LogP contribution in [0.2, 0.25) is 5.22 Å². The predicted octanol–water partition coefficient (Wildman–Crippen LogP) is 2.46. The molecule has 0 atom stereocenters. The maximum absolute atomic E-state index is 11.6. The van der Waals surface area contributed by atoms with Crippen LogP contribution in [0.15, 0.2) is 16.7 Å². The molecule has 0 bridgehead atoms. The summed E-state index contributed by atoms with van der Waals surface area (Å²) in [5.74, 6) is 0.584. The molecule has 1 fully saturated rings. The summed E-state index contributed by atoms with van der Waals surface area (Å²) >= 11 is 5.68. The van der Waals surface area contributed by atoms with Crippen LogP contribution in [0, 0.1) is 5.92 Å². The Morgan fingerprint density at radius 1 is 1.64 bits per heavy atom. The van der Waals surface area contributed by atoms with Gasteiger partial charge in [0.05, 0.1) is 11.8 Å². The van der Waals surface area contributed by atoms with E-state index in [0.717, 1.165) is 18.8 Å². The number of amides is 1. The number of hydrogen-bond acceptors (Lipinski definition) is 2. The molecule has 3 nitrogen and oxygen atoms in total. The number of nitrogens with one attached hydrogen (secondary N) is 1. The van der Waals surface area contributed by atoms with Crippen molar-refractivity contribution in [2.75, 3.05) is 0 Å². The fraction of sp³-hybridized carbons (Fsp3) is 0.500. The molecule has 2 rings (SSSR count). The molecule has 1 amide bonds. The van der Waals surface area contributed by atoms with Gasteiger partial charge < -0.3 is 9.73 Å². The maximum atomic E-state index is 11.6. The third-order valence-electron chi connectivity index (χ3n) is 2.57. The number of hydrogen-bond donors (Lipinski definition) is 1. The maximum Gasteiger partial charge on any atom is 0.256 e. The highest BCUT2D eigenvalue weighted by Gasteiger charge is 2.27. The van der Waals surface area contributed by atoms with E-state index in [0.29, 0.717) is 11.6 Å². The van der Waals surface area contributed by atoms with Crippen LogP contribution < -0.4 is 5.32 Å². The molecular weight excluding hydrogens is 202 g/mol. The van der Waals surface area contributed by atoms with Gasteiger partial charge in [0.2, 0.25) is 5.22 Å². The molecule has 76 valence electrons. The molecule has 0 unspecified atom stereocenters. The molecule has 1 aromatic rings. The van der Waals surface area contributed by atoms with E-state index in [4.69, 9.17) is 16.0 Å². The van der Waals surface area contributed by atoms with Gasteiger partial charge in [-0.3, -0.25) is 4.79 Å². The second-order valence-electron chi connectivity index (χ2n) is 3.85. The zero-order valence-electron chi connectivity index (χ0n) is 7.92. The Hall–Kier alpha value is -0.960. The highest BCUT2D eigenvalue weighted by molar-refractivity contribution is 6.32. The number of furan rings is 1. The van der Waals surface area contributed by atoms with Gasteiger partial charge in [-0.15, -0.1) is 0 Å². The van der Waals surface area contributed by atoms with Crippen LogP contribution in [0.5, 0.6) is 0 Å². The summed E-state index contributed by atoms with van der Waals surface area (Å²) in [6, 6.07) is 1.89. The van der Waals surface area contributed by atoms with Crippen LogP contribution in [-0.4, -0.2) is 11.9 Å². The van der Waals surface area contributed by atoms with Gasteiger partial charge in [0.25, 0.3) is 5.91 Å². The van der Waals surface area contributed by atoms with Crippen molar-refractivity contribution >= 4 is 17.5 Å². The van der Waals surface area contributed by atoms with E-state index in [-0.39, 0.29) is 11.1 Å². The van der Waals surface area contributed by atoms with E-state index in [1.165, 1.54) is 6.26 Å². The number of halogens is 1. The Balaban J connectivity index is 1.93. The minimum Gasteiger partial charge on any atom is -0.452 e. The molecule has 0 aromatic carbocycles. The number of carbonyl (C=O) groups is 1. The van der Waals surface area contributed by atoms with Crippen LogP contribution in [0.1, 0.15) is 30.1 Å². The van der Waals surface area contributed by atoms with Gasteiger partial charge in [-0.2, -0.15) is 0 Å². The lowest BCUT2D eigenvalue weighted by molar-refractivity contribution is 0.0895. The highest BCUT2D eigenvalue weighted by Crippen LogP contribution is 2.27. The SMILES string of the molecule is CC1CC(NC(=O)c2ccoc2Cl)C1. The first-order chi connectivity index (χ1) is 6.66. The third-order valence-corrected chi connectivity index (χ3v) is 2.86. The number of carbonyl (C=O) groups excluding carboxylic acids is 1. The van der Waals surface area contributed by atoms with Gasteiger partial charge in [-0.25, -0.2) is 0 Å². The summed E-state index contributed by atoms with van der Waals surface area (Å²) in [7, 11) is 0. The summed E-state index contributed by atoms with van der Waals surface area (Å²) in [6.45, 7) is 2.17. The standard InChI is InChI=1S/C10H12ClNO2/c1-6-4-7(5-6)12-10(13)8-2-3-14-9(8)11/h2-3,6-7H,4-5H2,1H3,(H,12,13). The summed E-state index contributed by atoms with van der Waals surface area (Å²) < 4.78 is 4.84. The van der Waals surface area contributed by atoms with Crippen LogP contribution in [-0.2, 0) is 0 Å². The Morgan fingerprint density at radius 2 is 2.36 bits per heavy atom. The lowest BCUT2D eigenvalue weighted by Crippen LogP contribution is -2.43. The van der Waals surface area contributed by atoms with Crippen molar-refractivity contribution in [3.8, 4) is 0 Å². The van der Waals surface area contributed by atoms with E-state index in [1.807, 2.05) is 0 Å². The lowest BCUT2D eigenvalue weighted by Gasteiger charge is -2.33. The van der Waals surface area contributed by atoms with Crippen LogP contribution in [0.3, 0.4) is 0 Å². The van der Waals surface area contributed by atoms with E-state index in [1.54, 1.807) is 6.07 Å². The monoisotopic (exact) mass is 213 g/mol. The van der Waals surface area contributed by atoms with E-state index in [2.05, 4.69) is 12.2 Å². The molecule has 1 heterocycles. The van der Waals surface area contributed by atoms with Gasteiger partial charge in [-0.1, -0.05) is 6.92 Å². The van der Waals surface area contributed by atoms with Crippen molar-refractivity contribution in [1.82, 2.24) is 5.32 Å². The van der Waals surface area contributed by atoms with E-state index >= 15 is 0 Å². The Kier molecular flexibility index (Phi) is 2.50. The molecule has 0 radical (unpaired) electrons. The third kappa shape index (κ3) is 1.77. The quantitative estimate of drug-likeness (QED) is 0.820. The average molecular weight is 214 g/mol. The zero-order chi connectivity index (χ0) is 10.1. The van der Waals surface area contributed by atoms with Crippen molar-refractivity contribution in [2.24, 2.45) is 5.92 Å². The molecule has 0 spiro atoms. The van der Waals surface area contributed by atoms with Crippen molar-refractivity contribution in [3.63, 3.8) is 0 Å². The Morgan fingerprint density at radius 3 is 2.86 bits per heavy atom. The second kappa shape index (κ2) is 3.65.